The first-order valence-electron chi connectivity index (χ1n) is 5.77. The third-order valence-electron chi connectivity index (χ3n) is 3.23. The van der Waals surface area contributed by atoms with Crippen molar-refractivity contribution >= 4 is 26.0 Å². The minimum atomic E-state index is -3.56. The van der Waals surface area contributed by atoms with E-state index in [0.717, 1.165) is 17.8 Å². The second-order valence-electron chi connectivity index (χ2n) is 4.58. The summed E-state index contributed by atoms with van der Waals surface area (Å²) in [6, 6.07) is 3.88. The topological polar surface area (TPSA) is 37.4 Å². The van der Waals surface area contributed by atoms with Gasteiger partial charge in [0.15, 0.2) is 0 Å². The van der Waals surface area contributed by atoms with Gasteiger partial charge in [-0.15, -0.1) is 0 Å². The molecule has 1 aliphatic heterocycles. The van der Waals surface area contributed by atoms with Crippen LogP contribution < -0.4 is 0 Å². The van der Waals surface area contributed by atoms with Crippen LogP contribution in [0.5, 0.6) is 0 Å². The smallest absolute Gasteiger partial charge is 0.207 e. The molecule has 1 aliphatic rings. The molecular weight excluding hydrogens is 321 g/mol. The Morgan fingerprint density at radius 1 is 1.50 bits per heavy atom. The van der Waals surface area contributed by atoms with Gasteiger partial charge in [0.25, 0.3) is 0 Å². The highest BCUT2D eigenvalue weighted by molar-refractivity contribution is 9.09. The van der Waals surface area contributed by atoms with Crippen LogP contribution in [0.2, 0.25) is 0 Å². The molecule has 1 heterocycles. The summed E-state index contributed by atoms with van der Waals surface area (Å²) in [5.74, 6) is -0.177. The lowest BCUT2D eigenvalue weighted by molar-refractivity contribution is 0.464. The number of sulfonamides is 1. The molecule has 2 rings (SSSR count). The average Bonchev–Trinajstić information content (AvgIpc) is 2.81. The zero-order chi connectivity index (χ0) is 13.3. The highest BCUT2D eigenvalue weighted by Gasteiger charge is 2.32. The van der Waals surface area contributed by atoms with Crippen LogP contribution in [0, 0.1) is 18.7 Å². The third-order valence-corrected chi connectivity index (χ3v) is 6.16. The Kier molecular flexibility index (Phi) is 4.08. The van der Waals surface area contributed by atoms with Gasteiger partial charge in [-0.2, -0.15) is 4.31 Å². The van der Waals surface area contributed by atoms with E-state index in [1.807, 2.05) is 0 Å². The van der Waals surface area contributed by atoms with E-state index in [1.165, 1.54) is 16.4 Å². The molecule has 0 amide bonds. The van der Waals surface area contributed by atoms with Crippen molar-refractivity contribution in [3.05, 3.63) is 29.6 Å². The van der Waals surface area contributed by atoms with E-state index in [4.69, 9.17) is 0 Å². The van der Waals surface area contributed by atoms with Crippen molar-refractivity contribution in [3.63, 3.8) is 0 Å². The Morgan fingerprint density at radius 2 is 2.22 bits per heavy atom. The highest BCUT2D eigenvalue weighted by Crippen LogP contribution is 2.27. The summed E-state index contributed by atoms with van der Waals surface area (Å²) in [4.78, 5) is 0.0812. The van der Waals surface area contributed by atoms with Gasteiger partial charge in [0, 0.05) is 18.4 Å². The zero-order valence-electron chi connectivity index (χ0n) is 10.1. The summed E-state index contributed by atoms with van der Waals surface area (Å²) in [6.07, 6.45) is 0.846. The van der Waals surface area contributed by atoms with Crippen molar-refractivity contribution in [3.8, 4) is 0 Å². The molecule has 6 heteroatoms. The van der Waals surface area contributed by atoms with Crippen LogP contribution in [0.15, 0.2) is 23.1 Å². The van der Waals surface area contributed by atoms with Crippen molar-refractivity contribution in [2.24, 2.45) is 5.92 Å². The van der Waals surface area contributed by atoms with Crippen LogP contribution in [0.25, 0.3) is 0 Å². The summed E-state index contributed by atoms with van der Waals surface area (Å²) in [5.41, 5.74) is 0.582. The Labute approximate surface area is 115 Å². The Morgan fingerprint density at radius 3 is 2.83 bits per heavy atom. The number of rotatable bonds is 3. The van der Waals surface area contributed by atoms with Gasteiger partial charge in [-0.25, -0.2) is 12.8 Å². The molecule has 1 aromatic carbocycles. The van der Waals surface area contributed by atoms with Gasteiger partial charge in [0.05, 0.1) is 4.90 Å². The molecule has 1 unspecified atom stereocenters. The molecule has 0 radical (unpaired) electrons. The molecule has 3 nitrogen and oxygen atoms in total. The second-order valence-corrected chi connectivity index (χ2v) is 7.14. The van der Waals surface area contributed by atoms with Crippen molar-refractivity contribution in [2.75, 3.05) is 18.4 Å². The SMILES string of the molecule is Cc1ccc(F)cc1S(=O)(=O)N1CCC(CBr)C1. The Bertz CT molecular complexity index is 547. The highest BCUT2D eigenvalue weighted by atomic mass is 79.9. The summed E-state index contributed by atoms with van der Waals surface area (Å²) in [7, 11) is -3.56. The fraction of sp³-hybridized carbons (Fsp3) is 0.500. The molecule has 18 heavy (non-hydrogen) atoms. The largest absolute Gasteiger partial charge is 0.243 e. The maximum absolute atomic E-state index is 13.2. The van der Waals surface area contributed by atoms with Crippen LogP contribution in [-0.4, -0.2) is 31.1 Å². The molecule has 1 aromatic rings. The first-order valence-corrected chi connectivity index (χ1v) is 8.33. The lowest BCUT2D eigenvalue weighted by atomic mass is 10.2. The first-order chi connectivity index (χ1) is 8.45. The van der Waals surface area contributed by atoms with Gasteiger partial charge in [-0.1, -0.05) is 22.0 Å². The summed E-state index contributed by atoms with van der Waals surface area (Å²) >= 11 is 3.37. The molecular formula is C12H15BrFNO2S. The molecule has 0 saturated carbocycles. The van der Waals surface area contributed by atoms with Gasteiger partial charge in [0.1, 0.15) is 5.82 Å². The van der Waals surface area contributed by atoms with Crippen molar-refractivity contribution in [1.82, 2.24) is 4.31 Å². The maximum atomic E-state index is 13.2. The maximum Gasteiger partial charge on any atom is 0.243 e. The number of hydrogen-bond donors (Lipinski definition) is 0. The standard InChI is InChI=1S/C12H15BrFNO2S/c1-9-2-3-11(14)6-12(9)18(16,17)15-5-4-10(7-13)8-15/h2-3,6,10H,4-5,7-8H2,1H3. The Balaban J connectivity index is 2.34. The second kappa shape index (κ2) is 5.27. The lowest BCUT2D eigenvalue weighted by Gasteiger charge is -2.17. The molecule has 1 fully saturated rings. The quantitative estimate of drug-likeness (QED) is 0.796. The third kappa shape index (κ3) is 2.60. The number of alkyl halides is 1. The van der Waals surface area contributed by atoms with Crippen molar-refractivity contribution in [2.45, 2.75) is 18.2 Å². The van der Waals surface area contributed by atoms with E-state index >= 15 is 0 Å². The summed E-state index contributed by atoms with van der Waals surface area (Å²) in [6.45, 7) is 2.70. The minimum absolute atomic E-state index is 0.0812. The summed E-state index contributed by atoms with van der Waals surface area (Å²) < 4.78 is 39.5. The Hall–Kier alpha value is -0.460. The molecule has 0 aromatic heterocycles. The number of benzene rings is 1. The molecule has 0 aliphatic carbocycles. The number of halogens is 2. The molecule has 1 atom stereocenters. The van der Waals surface area contributed by atoms with Crippen LogP contribution in [0.3, 0.4) is 0 Å². The first kappa shape index (κ1) is 14.0. The zero-order valence-corrected chi connectivity index (χ0v) is 12.5. The molecule has 100 valence electrons. The number of aryl methyl sites for hydroxylation is 1. The van der Waals surface area contributed by atoms with Crippen LogP contribution >= 0.6 is 15.9 Å². The van der Waals surface area contributed by atoms with Gasteiger partial charge in [-0.3, -0.25) is 0 Å². The van der Waals surface area contributed by atoms with Crippen LogP contribution in [-0.2, 0) is 10.0 Å². The molecule has 1 saturated heterocycles. The molecule has 0 N–H and O–H groups in total. The minimum Gasteiger partial charge on any atom is -0.207 e. The predicted molar refractivity (Wildman–Crippen MR) is 71.8 cm³/mol. The van der Waals surface area contributed by atoms with Gasteiger partial charge >= 0.3 is 0 Å². The van der Waals surface area contributed by atoms with Crippen molar-refractivity contribution < 1.29 is 12.8 Å². The monoisotopic (exact) mass is 335 g/mol. The number of hydrogen-bond acceptors (Lipinski definition) is 2. The van der Waals surface area contributed by atoms with Crippen molar-refractivity contribution in [1.29, 1.82) is 0 Å². The van der Waals surface area contributed by atoms with E-state index in [0.29, 0.717) is 24.6 Å². The number of nitrogens with zero attached hydrogens (tertiary/aromatic N) is 1. The van der Waals surface area contributed by atoms with E-state index in [-0.39, 0.29) is 4.90 Å². The normalized spacial score (nSPS) is 21.4. The average molecular weight is 336 g/mol. The van der Waals surface area contributed by atoms with E-state index in [1.54, 1.807) is 6.92 Å². The fourth-order valence-electron chi connectivity index (χ4n) is 2.13. The van der Waals surface area contributed by atoms with E-state index < -0.39 is 15.8 Å². The van der Waals surface area contributed by atoms with Gasteiger partial charge in [0.2, 0.25) is 10.0 Å². The summed E-state index contributed by atoms with van der Waals surface area (Å²) in [5, 5.41) is 0.793. The van der Waals surface area contributed by atoms with E-state index in [9.17, 15) is 12.8 Å². The van der Waals surface area contributed by atoms with Gasteiger partial charge < -0.3 is 0 Å². The van der Waals surface area contributed by atoms with Gasteiger partial charge in [-0.05, 0) is 37.0 Å². The van der Waals surface area contributed by atoms with Crippen LogP contribution in [0.4, 0.5) is 4.39 Å². The lowest BCUT2D eigenvalue weighted by Crippen LogP contribution is -2.29. The molecule has 0 bridgehead atoms. The molecule has 0 spiro atoms. The predicted octanol–water partition coefficient (Wildman–Crippen LogP) is 2.54. The van der Waals surface area contributed by atoms with Crippen LogP contribution in [0.1, 0.15) is 12.0 Å². The van der Waals surface area contributed by atoms with E-state index in [2.05, 4.69) is 15.9 Å². The fourth-order valence-corrected chi connectivity index (χ4v) is 4.43.